The lowest BCUT2D eigenvalue weighted by molar-refractivity contribution is 0.331. The van der Waals surface area contributed by atoms with Crippen LogP contribution in [0.25, 0.3) is 0 Å². The van der Waals surface area contributed by atoms with Gasteiger partial charge in [0.1, 0.15) is 0 Å². The standard InChI is InChI=1S/C11H24N2/c1-3-4-5-6-7-11-9-13(12)8-10(11)2/h10-11H,3-9,12H2,1-2H3/t10-,11?/m1/s1. The van der Waals surface area contributed by atoms with E-state index in [1.54, 1.807) is 0 Å². The summed E-state index contributed by atoms with van der Waals surface area (Å²) < 4.78 is 0. The van der Waals surface area contributed by atoms with Gasteiger partial charge in [0.2, 0.25) is 0 Å². The Morgan fingerprint density at radius 2 is 2.00 bits per heavy atom. The lowest BCUT2D eigenvalue weighted by atomic mass is 9.92. The fourth-order valence-corrected chi connectivity index (χ4v) is 2.28. The average Bonchev–Trinajstić information content (AvgIpc) is 2.39. The molecule has 0 aliphatic carbocycles. The van der Waals surface area contributed by atoms with E-state index in [0.717, 1.165) is 24.9 Å². The van der Waals surface area contributed by atoms with Crippen molar-refractivity contribution in [2.75, 3.05) is 13.1 Å². The van der Waals surface area contributed by atoms with Crippen LogP contribution in [0.1, 0.15) is 46.0 Å². The SMILES string of the molecule is CCCCCCC1CN(N)C[C@H]1C. The lowest BCUT2D eigenvalue weighted by Crippen LogP contribution is -2.28. The summed E-state index contributed by atoms with van der Waals surface area (Å²) in [7, 11) is 0. The van der Waals surface area contributed by atoms with Gasteiger partial charge in [-0.1, -0.05) is 39.5 Å². The van der Waals surface area contributed by atoms with Crippen LogP contribution in [0.3, 0.4) is 0 Å². The van der Waals surface area contributed by atoms with E-state index >= 15 is 0 Å². The normalized spacial score (nSPS) is 29.8. The minimum absolute atomic E-state index is 0.812. The maximum Gasteiger partial charge on any atom is 0.0160 e. The van der Waals surface area contributed by atoms with Gasteiger partial charge in [0.05, 0.1) is 0 Å². The zero-order valence-corrected chi connectivity index (χ0v) is 9.13. The predicted octanol–water partition coefficient (Wildman–Crippen LogP) is 2.40. The van der Waals surface area contributed by atoms with Crippen molar-refractivity contribution in [1.29, 1.82) is 0 Å². The number of hydrazine groups is 1. The molecule has 0 aromatic rings. The highest BCUT2D eigenvalue weighted by Gasteiger charge is 2.26. The van der Waals surface area contributed by atoms with Gasteiger partial charge < -0.3 is 0 Å². The second-order valence-electron chi connectivity index (χ2n) is 4.54. The van der Waals surface area contributed by atoms with Gasteiger partial charge >= 0.3 is 0 Å². The molecule has 0 spiro atoms. The minimum atomic E-state index is 0.812. The van der Waals surface area contributed by atoms with Gasteiger partial charge in [-0.2, -0.15) is 0 Å². The molecule has 1 rings (SSSR count). The Morgan fingerprint density at radius 3 is 2.54 bits per heavy atom. The molecule has 13 heavy (non-hydrogen) atoms. The maximum atomic E-state index is 5.78. The van der Waals surface area contributed by atoms with Crippen molar-refractivity contribution in [3.05, 3.63) is 0 Å². The summed E-state index contributed by atoms with van der Waals surface area (Å²) in [4.78, 5) is 0. The summed E-state index contributed by atoms with van der Waals surface area (Å²) in [5, 5.41) is 1.98. The number of hydrogen-bond acceptors (Lipinski definition) is 2. The first-order chi connectivity index (χ1) is 6.24. The van der Waals surface area contributed by atoms with E-state index in [9.17, 15) is 0 Å². The van der Waals surface area contributed by atoms with Crippen molar-refractivity contribution in [3.63, 3.8) is 0 Å². The van der Waals surface area contributed by atoms with Crippen LogP contribution < -0.4 is 5.84 Å². The Labute approximate surface area is 82.5 Å². The second-order valence-corrected chi connectivity index (χ2v) is 4.54. The van der Waals surface area contributed by atoms with Crippen LogP contribution in [0.2, 0.25) is 0 Å². The highest BCUT2D eigenvalue weighted by molar-refractivity contribution is 4.78. The quantitative estimate of drug-likeness (QED) is 0.525. The van der Waals surface area contributed by atoms with Crippen LogP contribution in [0.4, 0.5) is 0 Å². The molecule has 78 valence electrons. The van der Waals surface area contributed by atoms with Gasteiger partial charge in [0.25, 0.3) is 0 Å². The summed E-state index contributed by atoms with van der Waals surface area (Å²) in [6.45, 7) is 6.81. The Morgan fingerprint density at radius 1 is 1.23 bits per heavy atom. The number of rotatable bonds is 5. The second kappa shape index (κ2) is 5.61. The third kappa shape index (κ3) is 3.65. The smallest absolute Gasteiger partial charge is 0.0160 e. The summed E-state index contributed by atoms with van der Waals surface area (Å²) in [6.07, 6.45) is 6.92. The highest BCUT2D eigenvalue weighted by atomic mass is 15.4. The molecule has 0 bridgehead atoms. The summed E-state index contributed by atoms with van der Waals surface area (Å²) in [5.74, 6) is 7.45. The molecular weight excluding hydrogens is 160 g/mol. The van der Waals surface area contributed by atoms with Gasteiger partial charge in [0, 0.05) is 13.1 Å². The fourth-order valence-electron chi connectivity index (χ4n) is 2.28. The van der Waals surface area contributed by atoms with Gasteiger partial charge in [-0.3, -0.25) is 5.84 Å². The van der Waals surface area contributed by atoms with E-state index in [1.807, 2.05) is 5.01 Å². The third-order valence-corrected chi connectivity index (χ3v) is 3.22. The van der Waals surface area contributed by atoms with E-state index in [4.69, 9.17) is 5.84 Å². The molecule has 0 radical (unpaired) electrons. The highest BCUT2D eigenvalue weighted by Crippen LogP contribution is 2.25. The average molecular weight is 184 g/mol. The zero-order chi connectivity index (χ0) is 9.68. The molecule has 1 fully saturated rings. The Hall–Kier alpha value is -0.0800. The van der Waals surface area contributed by atoms with Crippen LogP contribution >= 0.6 is 0 Å². The van der Waals surface area contributed by atoms with Crippen LogP contribution in [0.15, 0.2) is 0 Å². The minimum Gasteiger partial charge on any atom is -0.269 e. The lowest BCUT2D eigenvalue weighted by Gasteiger charge is -2.13. The van der Waals surface area contributed by atoms with Gasteiger partial charge in [-0.05, 0) is 18.3 Å². The van der Waals surface area contributed by atoms with E-state index < -0.39 is 0 Å². The molecule has 2 atom stereocenters. The summed E-state index contributed by atoms with van der Waals surface area (Å²) >= 11 is 0. The van der Waals surface area contributed by atoms with Gasteiger partial charge in [0.15, 0.2) is 0 Å². The topological polar surface area (TPSA) is 29.3 Å². The molecule has 0 aromatic carbocycles. The summed E-state index contributed by atoms with van der Waals surface area (Å²) in [5.41, 5.74) is 0. The Kier molecular flexibility index (Phi) is 4.74. The fraction of sp³-hybridized carbons (Fsp3) is 1.00. The van der Waals surface area contributed by atoms with E-state index in [0.29, 0.717) is 0 Å². The van der Waals surface area contributed by atoms with E-state index in [2.05, 4.69) is 13.8 Å². The van der Waals surface area contributed by atoms with E-state index in [-0.39, 0.29) is 0 Å². The first kappa shape index (κ1) is 11.0. The molecular formula is C11H24N2. The number of hydrogen-bond donors (Lipinski definition) is 1. The Balaban J connectivity index is 2.07. The van der Waals surface area contributed by atoms with Crippen LogP contribution in [0, 0.1) is 11.8 Å². The molecule has 2 heteroatoms. The van der Waals surface area contributed by atoms with Gasteiger partial charge in [-0.25, -0.2) is 5.01 Å². The maximum absolute atomic E-state index is 5.78. The molecule has 0 saturated carbocycles. The number of nitrogens with zero attached hydrogens (tertiary/aromatic N) is 1. The van der Waals surface area contributed by atoms with Crippen molar-refractivity contribution in [2.45, 2.75) is 46.0 Å². The molecule has 1 aliphatic rings. The van der Waals surface area contributed by atoms with Crippen LogP contribution in [0.5, 0.6) is 0 Å². The molecule has 1 aliphatic heterocycles. The monoisotopic (exact) mass is 184 g/mol. The Bertz CT molecular complexity index is 136. The van der Waals surface area contributed by atoms with Crippen molar-refractivity contribution >= 4 is 0 Å². The predicted molar refractivity (Wildman–Crippen MR) is 57.2 cm³/mol. The van der Waals surface area contributed by atoms with Crippen molar-refractivity contribution in [3.8, 4) is 0 Å². The first-order valence-electron chi connectivity index (χ1n) is 5.73. The van der Waals surface area contributed by atoms with Crippen molar-refractivity contribution in [2.24, 2.45) is 17.7 Å². The summed E-state index contributed by atoms with van der Waals surface area (Å²) in [6, 6.07) is 0. The molecule has 2 nitrogen and oxygen atoms in total. The first-order valence-corrected chi connectivity index (χ1v) is 5.73. The number of unbranched alkanes of at least 4 members (excludes halogenated alkanes) is 3. The molecule has 1 unspecified atom stereocenters. The van der Waals surface area contributed by atoms with Crippen LogP contribution in [-0.4, -0.2) is 18.1 Å². The largest absolute Gasteiger partial charge is 0.269 e. The zero-order valence-electron chi connectivity index (χ0n) is 9.13. The van der Waals surface area contributed by atoms with E-state index in [1.165, 1.54) is 32.1 Å². The molecule has 1 saturated heterocycles. The van der Waals surface area contributed by atoms with Crippen LogP contribution in [-0.2, 0) is 0 Å². The number of nitrogens with two attached hydrogens (primary N) is 1. The van der Waals surface area contributed by atoms with Gasteiger partial charge in [-0.15, -0.1) is 0 Å². The molecule has 1 heterocycles. The molecule has 0 aromatic heterocycles. The van der Waals surface area contributed by atoms with Crippen molar-refractivity contribution < 1.29 is 0 Å². The molecule has 0 amide bonds. The third-order valence-electron chi connectivity index (χ3n) is 3.22. The molecule has 2 N–H and O–H groups in total. The van der Waals surface area contributed by atoms with Crippen molar-refractivity contribution in [1.82, 2.24) is 5.01 Å².